The second-order valence-electron chi connectivity index (χ2n) is 9.53. The van der Waals surface area contributed by atoms with Gasteiger partial charge in [-0.1, -0.05) is 54.6 Å². The summed E-state index contributed by atoms with van der Waals surface area (Å²) in [5, 5.41) is 0. The summed E-state index contributed by atoms with van der Waals surface area (Å²) in [6.45, 7) is 1.99. The van der Waals surface area contributed by atoms with E-state index in [-0.39, 0.29) is 17.8 Å². The first kappa shape index (κ1) is 22.7. The van der Waals surface area contributed by atoms with Crippen LogP contribution in [0, 0.1) is 11.2 Å². The molecule has 0 saturated carbocycles. The highest BCUT2D eigenvalue weighted by molar-refractivity contribution is 5.84. The summed E-state index contributed by atoms with van der Waals surface area (Å²) >= 11 is 0. The Morgan fingerprint density at radius 1 is 1.00 bits per heavy atom. The SMILES string of the molecule is O=C(N1CCC[C@H]1c1cccc(Cc2ccccc2F)n1)C1(Cc2ccccc2)CCOCC1. The maximum atomic E-state index is 14.2. The molecule has 3 heterocycles. The molecular formula is C29H31FN2O2. The number of aromatic nitrogens is 1. The Morgan fingerprint density at radius 3 is 2.56 bits per heavy atom. The van der Waals surface area contributed by atoms with Crippen molar-refractivity contribution in [1.29, 1.82) is 0 Å². The van der Waals surface area contributed by atoms with Gasteiger partial charge in [-0.05, 0) is 61.4 Å². The number of hydrogen-bond acceptors (Lipinski definition) is 3. The van der Waals surface area contributed by atoms with Crippen LogP contribution in [-0.4, -0.2) is 35.5 Å². The van der Waals surface area contributed by atoms with Crippen LogP contribution in [0.3, 0.4) is 0 Å². The van der Waals surface area contributed by atoms with Crippen LogP contribution in [0.4, 0.5) is 4.39 Å². The molecule has 176 valence electrons. The molecule has 0 unspecified atom stereocenters. The van der Waals surface area contributed by atoms with Gasteiger partial charge in [0.15, 0.2) is 0 Å². The van der Waals surface area contributed by atoms with E-state index in [0.717, 1.165) is 50.0 Å². The van der Waals surface area contributed by atoms with E-state index < -0.39 is 5.41 Å². The monoisotopic (exact) mass is 458 g/mol. The molecule has 0 aliphatic carbocycles. The Labute approximate surface area is 200 Å². The van der Waals surface area contributed by atoms with Crippen molar-refractivity contribution in [2.24, 2.45) is 5.41 Å². The quantitative estimate of drug-likeness (QED) is 0.489. The van der Waals surface area contributed by atoms with E-state index in [0.29, 0.717) is 25.2 Å². The molecule has 0 N–H and O–H groups in total. The molecule has 2 aliphatic heterocycles. The molecule has 2 aromatic carbocycles. The summed E-state index contributed by atoms with van der Waals surface area (Å²) in [6.07, 6.45) is 4.53. The van der Waals surface area contributed by atoms with Gasteiger partial charge in [-0.15, -0.1) is 0 Å². The summed E-state index contributed by atoms with van der Waals surface area (Å²) in [6, 6.07) is 23.0. The van der Waals surface area contributed by atoms with Crippen molar-refractivity contribution in [3.05, 3.63) is 101 Å². The zero-order chi connectivity index (χ0) is 23.4. The van der Waals surface area contributed by atoms with Crippen LogP contribution in [0.5, 0.6) is 0 Å². The Morgan fingerprint density at radius 2 is 1.76 bits per heavy atom. The molecule has 1 amide bonds. The van der Waals surface area contributed by atoms with Gasteiger partial charge >= 0.3 is 0 Å². The molecule has 34 heavy (non-hydrogen) atoms. The number of carbonyl (C=O) groups excluding carboxylic acids is 1. The Bertz CT molecular complexity index is 1130. The summed E-state index contributed by atoms with van der Waals surface area (Å²) < 4.78 is 19.8. The van der Waals surface area contributed by atoms with Gasteiger partial charge in [-0.2, -0.15) is 0 Å². The molecule has 2 saturated heterocycles. The third-order valence-corrected chi connectivity index (χ3v) is 7.30. The van der Waals surface area contributed by atoms with Crippen LogP contribution in [0.25, 0.3) is 0 Å². The number of amides is 1. The lowest BCUT2D eigenvalue weighted by atomic mass is 9.74. The summed E-state index contributed by atoms with van der Waals surface area (Å²) in [4.78, 5) is 21.1. The standard InChI is InChI=1S/C29H31FN2O2/c30-25-12-5-4-10-23(25)20-24-11-6-13-26(31-24)27-14-7-17-32(27)28(33)29(15-18-34-19-16-29)21-22-8-2-1-3-9-22/h1-6,8-13,27H,7,14-21H2/t27-/m0/s1. The Kier molecular flexibility index (Phi) is 6.73. The molecule has 0 radical (unpaired) electrons. The maximum Gasteiger partial charge on any atom is 0.229 e. The highest BCUT2D eigenvalue weighted by Gasteiger charge is 2.45. The highest BCUT2D eigenvalue weighted by atomic mass is 19.1. The molecule has 3 aromatic rings. The van der Waals surface area contributed by atoms with Crippen molar-refractivity contribution in [3.63, 3.8) is 0 Å². The highest BCUT2D eigenvalue weighted by Crippen LogP contribution is 2.41. The fourth-order valence-electron chi connectivity index (χ4n) is 5.46. The first-order valence-electron chi connectivity index (χ1n) is 12.3. The zero-order valence-corrected chi connectivity index (χ0v) is 19.5. The predicted molar refractivity (Wildman–Crippen MR) is 130 cm³/mol. The molecule has 5 rings (SSSR count). The molecule has 4 nitrogen and oxygen atoms in total. The van der Waals surface area contributed by atoms with Gasteiger partial charge < -0.3 is 9.64 Å². The van der Waals surface area contributed by atoms with Gasteiger partial charge in [0.2, 0.25) is 5.91 Å². The van der Waals surface area contributed by atoms with E-state index in [4.69, 9.17) is 9.72 Å². The van der Waals surface area contributed by atoms with Crippen LogP contribution < -0.4 is 0 Å². The average molecular weight is 459 g/mol. The van der Waals surface area contributed by atoms with E-state index in [1.807, 2.05) is 42.5 Å². The van der Waals surface area contributed by atoms with Crippen LogP contribution >= 0.6 is 0 Å². The zero-order valence-electron chi connectivity index (χ0n) is 19.5. The normalized spacial score (nSPS) is 19.8. The molecule has 0 spiro atoms. The maximum absolute atomic E-state index is 14.2. The van der Waals surface area contributed by atoms with E-state index >= 15 is 0 Å². The number of halogens is 1. The minimum absolute atomic E-state index is 0.0384. The predicted octanol–water partition coefficient (Wildman–Crippen LogP) is 5.51. The van der Waals surface area contributed by atoms with Gasteiger partial charge in [-0.3, -0.25) is 9.78 Å². The number of carbonyl (C=O) groups is 1. The van der Waals surface area contributed by atoms with Crippen molar-refractivity contribution in [2.45, 2.75) is 44.6 Å². The smallest absolute Gasteiger partial charge is 0.229 e. The fraction of sp³-hybridized carbons (Fsp3) is 0.379. The van der Waals surface area contributed by atoms with E-state index in [1.165, 1.54) is 11.6 Å². The second-order valence-corrected chi connectivity index (χ2v) is 9.53. The summed E-state index contributed by atoms with van der Waals surface area (Å²) in [7, 11) is 0. The summed E-state index contributed by atoms with van der Waals surface area (Å²) in [5.74, 6) is 0.0122. The van der Waals surface area contributed by atoms with Gasteiger partial charge in [0, 0.05) is 31.9 Å². The third-order valence-electron chi connectivity index (χ3n) is 7.30. The lowest BCUT2D eigenvalue weighted by Gasteiger charge is -2.40. The van der Waals surface area contributed by atoms with Crippen molar-refractivity contribution >= 4 is 5.91 Å². The average Bonchev–Trinajstić information content (AvgIpc) is 3.36. The van der Waals surface area contributed by atoms with Crippen molar-refractivity contribution in [3.8, 4) is 0 Å². The van der Waals surface area contributed by atoms with Crippen LogP contribution in [0.15, 0.2) is 72.8 Å². The minimum Gasteiger partial charge on any atom is -0.381 e. The van der Waals surface area contributed by atoms with Gasteiger partial charge in [-0.25, -0.2) is 4.39 Å². The van der Waals surface area contributed by atoms with Crippen LogP contribution in [-0.2, 0) is 22.4 Å². The minimum atomic E-state index is -0.438. The molecule has 1 atom stereocenters. The largest absolute Gasteiger partial charge is 0.381 e. The summed E-state index contributed by atoms with van der Waals surface area (Å²) in [5.41, 5.74) is 3.12. The number of rotatable bonds is 6. The fourth-order valence-corrected chi connectivity index (χ4v) is 5.46. The lowest BCUT2D eigenvalue weighted by molar-refractivity contribution is -0.149. The van der Waals surface area contributed by atoms with E-state index in [1.54, 1.807) is 12.1 Å². The van der Waals surface area contributed by atoms with Gasteiger partial charge in [0.1, 0.15) is 5.82 Å². The topological polar surface area (TPSA) is 42.4 Å². The first-order chi connectivity index (χ1) is 16.6. The molecule has 2 aliphatic rings. The van der Waals surface area contributed by atoms with Crippen LogP contribution in [0.1, 0.15) is 54.2 Å². The Balaban J connectivity index is 1.39. The van der Waals surface area contributed by atoms with Crippen molar-refractivity contribution in [2.75, 3.05) is 19.8 Å². The van der Waals surface area contributed by atoms with Crippen LogP contribution in [0.2, 0.25) is 0 Å². The first-order valence-corrected chi connectivity index (χ1v) is 12.3. The second kappa shape index (κ2) is 10.1. The number of ether oxygens (including phenoxy) is 1. The van der Waals surface area contributed by atoms with E-state index in [9.17, 15) is 9.18 Å². The molecular weight excluding hydrogens is 427 g/mol. The Hall–Kier alpha value is -3.05. The molecule has 5 heteroatoms. The van der Waals surface area contributed by atoms with E-state index in [2.05, 4.69) is 17.0 Å². The number of benzene rings is 2. The molecule has 0 bridgehead atoms. The molecule has 2 fully saturated rings. The third kappa shape index (κ3) is 4.76. The lowest BCUT2D eigenvalue weighted by Crippen LogP contribution is -2.48. The number of hydrogen-bond donors (Lipinski definition) is 0. The van der Waals surface area contributed by atoms with Gasteiger partial charge in [0.05, 0.1) is 17.2 Å². The number of likely N-dealkylation sites (tertiary alicyclic amines) is 1. The number of pyridine rings is 1. The molecule has 1 aromatic heterocycles. The van der Waals surface area contributed by atoms with Crippen molar-refractivity contribution in [1.82, 2.24) is 9.88 Å². The van der Waals surface area contributed by atoms with Crippen molar-refractivity contribution < 1.29 is 13.9 Å². The number of nitrogens with zero attached hydrogens (tertiary/aromatic N) is 2. The van der Waals surface area contributed by atoms with Gasteiger partial charge in [0.25, 0.3) is 0 Å².